The number of aryl methyl sites for hydroxylation is 1. The number of rotatable bonds is 4. The molecule has 0 atom stereocenters. The summed E-state index contributed by atoms with van der Waals surface area (Å²) in [5.41, 5.74) is 2.92. The molecule has 1 aliphatic heterocycles. The summed E-state index contributed by atoms with van der Waals surface area (Å²) in [5, 5.41) is 11.1. The Hall–Kier alpha value is -3.09. The molecule has 0 spiro atoms. The minimum absolute atomic E-state index is 0.0420. The van der Waals surface area contributed by atoms with Gasteiger partial charge in [-0.25, -0.2) is 0 Å². The second-order valence-corrected chi connectivity index (χ2v) is 6.21. The first-order valence-electron chi connectivity index (χ1n) is 8.22. The van der Waals surface area contributed by atoms with Crippen molar-refractivity contribution in [3.8, 4) is 11.5 Å². The lowest BCUT2D eigenvalue weighted by molar-refractivity contribution is -0.385. The summed E-state index contributed by atoms with van der Waals surface area (Å²) in [6.07, 6.45) is 0.690. The van der Waals surface area contributed by atoms with Crippen molar-refractivity contribution in [3.05, 3.63) is 62.7 Å². The zero-order chi connectivity index (χ0) is 18.8. The molecule has 0 fully saturated rings. The lowest BCUT2D eigenvalue weighted by atomic mass is 9.98. The summed E-state index contributed by atoms with van der Waals surface area (Å²) in [4.78, 5) is 25.2. The number of fused-ring (bicyclic) bond motifs is 1. The predicted molar refractivity (Wildman–Crippen MR) is 95.8 cm³/mol. The van der Waals surface area contributed by atoms with Gasteiger partial charge in [0.15, 0.2) is 11.5 Å². The molecule has 0 bridgehead atoms. The highest BCUT2D eigenvalue weighted by atomic mass is 16.6. The highest BCUT2D eigenvalue weighted by Gasteiger charge is 2.25. The summed E-state index contributed by atoms with van der Waals surface area (Å²) in [6, 6.07) is 8.41. The van der Waals surface area contributed by atoms with Crippen LogP contribution in [0.5, 0.6) is 11.5 Å². The van der Waals surface area contributed by atoms with Crippen molar-refractivity contribution in [1.82, 2.24) is 4.90 Å². The van der Waals surface area contributed by atoms with Crippen LogP contribution in [0.1, 0.15) is 27.0 Å². The first kappa shape index (κ1) is 17.7. The Labute approximate surface area is 151 Å². The fourth-order valence-corrected chi connectivity index (χ4v) is 3.18. The molecule has 7 heteroatoms. The van der Waals surface area contributed by atoms with Crippen molar-refractivity contribution in [1.29, 1.82) is 0 Å². The zero-order valence-electron chi connectivity index (χ0n) is 14.9. The molecule has 136 valence electrons. The number of nitro benzene ring substituents is 1. The van der Waals surface area contributed by atoms with Crippen LogP contribution in [0.25, 0.3) is 0 Å². The highest BCUT2D eigenvalue weighted by molar-refractivity contribution is 5.95. The van der Waals surface area contributed by atoms with Gasteiger partial charge in [-0.1, -0.05) is 6.07 Å². The van der Waals surface area contributed by atoms with Crippen LogP contribution >= 0.6 is 0 Å². The van der Waals surface area contributed by atoms with Gasteiger partial charge >= 0.3 is 0 Å². The van der Waals surface area contributed by atoms with Crippen LogP contribution in [0.3, 0.4) is 0 Å². The third-order valence-electron chi connectivity index (χ3n) is 4.66. The predicted octanol–water partition coefficient (Wildman–Crippen LogP) is 3.12. The van der Waals surface area contributed by atoms with Crippen molar-refractivity contribution in [2.75, 3.05) is 20.8 Å². The number of methoxy groups -OCH3 is 2. The lowest BCUT2D eigenvalue weighted by Gasteiger charge is -2.29. The average molecular weight is 356 g/mol. The maximum Gasteiger partial charge on any atom is 0.273 e. The smallest absolute Gasteiger partial charge is 0.273 e. The van der Waals surface area contributed by atoms with E-state index in [1.807, 2.05) is 12.1 Å². The van der Waals surface area contributed by atoms with Crippen LogP contribution in [0.15, 0.2) is 30.3 Å². The zero-order valence-corrected chi connectivity index (χ0v) is 14.9. The van der Waals surface area contributed by atoms with E-state index in [-0.39, 0.29) is 11.6 Å². The number of carbonyl (C=O) groups excluding carboxylic acids is 1. The number of carbonyl (C=O) groups is 1. The molecule has 0 radical (unpaired) electrons. The first-order valence-corrected chi connectivity index (χ1v) is 8.22. The molecule has 7 nitrogen and oxygen atoms in total. The number of amides is 1. The highest BCUT2D eigenvalue weighted by Crippen LogP contribution is 2.33. The largest absolute Gasteiger partial charge is 0.493 e. The van der Waals surface area contributed by atoms with Gasteiger partial charge < -0.3 is 14.4 Å². The Morgan fingerprint density at radius 1 is 1.12 bits per heavy atom. The number of nitro groups is 1. The molecule has 0 N–H and O–H groups in total. The van der Waals surface area contributed by atoms with Crippen molar-refractivity contribution in [3.63, 3.8) is 0 Å². The summed E-state index contributed by atoms with van der Waals surface area (Å²) < 4.78 is 10.7. The summed E-state index contributed by atoms with van der Waals surface area (Å²) in [7, 11) is 3.16. The molecule has 0 saturated heterocycles. The van der Waals surface area contributed by atoms with E-state index in [0.717, 1.165) is 11.1 Å². The number of benzene rings is 2. The Morgan fingerprint density at radius 2 is 1.77 bits per heavy atom. The number of ether oxygens (including phenoxy) is 2. The second-order valence-electron chi connectivity index (χ2n) is 6.21. The Bertz CT molecular complexity index is 878. The molecule has 1 aliphatic rings. The minimum Gasteiger partial charge on any atom is -0.493 e. The van der Waals surface area contributed by atoms with Gasteiger partial charge in [0, 0.05) is 30.3 Å². The monoisotopic (exact) mass is 356 g/mol. The summed E-state index contributed by atoms with van der Waals surface area (Å²) >= 11 is 0. The molecule has 1 heterocycles. The fraction of sp³-hybridized carbons (Fsp3) is 0.316. The molecular weight excluding hydrogens is 336 g/mol. The number of hydrogen-bond acceptors (Lipinski definition) is 5. The fourth-order valence-electron chi connectivity index (χ4n) is 3.18. The van der Waals surface area contributed by atoms with Crippen molar-refractivity contribution < 1.29 is 19.2 Å². The van der Waals surface area contributed by atoms with Crippen molar-refractivity contribution >= 4 is 11.6 Å². The van der Waals surface area contributed by atoms with E-state index in [1.54, 1.807) is 38.2 Å². The Morgan fingerprint density at radius 3 is 2.38 bits per heavy atom. The van der Waals surface area contributed by atoms with Gasteiger partial charge in [-0.05, 0) is 42.7 Å². The van der Waals surface area contributed by atoms with E-state index < -0.39 is 4.92 Å². The van der Waals surface area contributed by atoms with E-state index in [1.165, 1.54) is 6.07 Å². The van der Waals surface area contributed by atoms with E-state index in [9.17, 15) is 14.9 Å². The minimum atomic E-state index is -0.464. The van der Waals surface area contributed by atoms with Gasteiger partial charge in [-0.15, -0.1) is 0 Å². The standard InChI is InChI=1S/C19H20N2O5/c1-12-4-5-14(8-16(12)21(23)24)19(22)20-7-6-13-9-17(25-2)18(26-3)10-15(13)11-20/h4-5,8-10H,6-7,11H2,1-3H3. The SMILES string of the molecule is COc1cc2c(cc1OC)CN(C(=O)c1ccc(C)c([N+](=O)[O-])c1)CC2. The lowest BCUT2D eigenvalue weighted by Crippen LogP contribution is -2.36. The second kappa shape index (κ2) is 7.03. The third-order valence-corrected chi connectivity index (χ3v) is 4.66. The van der Waals surface area contributed by atoms with Crippen LogP contribution < -0.4 is 9.47 Å². The molecule has 2 aromatic carbocycles. The van der Waals surface area contributed by atoms with E-state index in [0.29, 0.717) is 42.1 Å². The molecular formula is C19H20N2O5. The van der Waals surface area contributed by atoms with Crippen molar-refractivity contribution in [2.45, 2.75) is 19.9 Å². The number of nitrogens with zero attached hydrogens (tertiary/aromatic N) is 2. The quantitative estimate of drug-likeness (QED) is 0.621. The van der Waals surface area contributed by atoms with Crippen LogP contribution in [0.4, 0.5) is 5.69 Å². The number of hydrogen-bond donors (Lipinski definition) is 0. The maximum atomic E-state index is 12.8. The first-order chi connectivity index (χ1) is 12.4. The molecule has 1 amide bonds. The molecule has 0 saturated carbocycles. The van der Waals surface area contributed by atoms with Crippen molar-refractivity contribution in [2.24, 2.45) is 0 Å². The molecule has 3 rings (SSSR count). The Balaban J connectivity index is 1.88. The normalized spacial score (nSPS) is 13.1. The van der Waals surface area contributed by atoms with Gasteiger partial charge in [0.1, 0.15) is 0 Å². The Kier molecular flexibility index (Phi) is 4.79. The van der Waals surface area contributed by atoms with E-state index in [4.69, 9.17) is 9.47 Å². The van der Waals surface area contributed by atoms with Crippen LogP contribution in [0, 0.1) is 17.0 Å². The third kappa shape index (κ3) is 3.20. The topological polar surface area (TPSA) is 81.9 Å². The molecule has 0 unspecified atom stereocenters. The molecule has 26 heavy (non-hydrogen) atoms. The molecule has 0 aliphatic carbocycles. The van der Waals surface area contributed by atoms with Crippen LogP contribution in [-0.4, -0.2) is 36.5 Å². The van der Waals surface area contributed by atoms with Gasteiger partial charge in [0.05, 0.1) is 19.1 Å². The summed E-state index contributed by atoms with van der Waals surface area (Å²) in [6.45, 7) is 2.63. The average Bonchev–Trinajstić information content (AvgIpc) is 2.65. The molecule has 2 aromatic rings. The van der Waals surface area contributed by atoms with Gasteiger partial charge in [-0.2, -0.15) is 0 Å². The van der Waals surface area contributed by atoms with E-state index in [2.05, 4.69) is 0 Å². The molecule has 0 aromatic heterocycles. The summed E-state index contributed by atoms with van der Waals surface area (Å²) in [5.74, 6) is 1.07. The van der Waals surface area contributed by atoms with Gasteiger partial charge in [0.25, 0.3) is 11.6 Å². The van der Waals surface area contributed by atoms with Gasteiger partial charge in [0.2, 0.25) is 0 Å². The van der Waals surface area contributed by atoms with E-state index >= 15 is 0 Å². The van der Waals surface area contributed by atoms with Crippen LogP contribution in [-0.2, 0) is 13.0 Å². The van der Waals surface area contributed by atoms with Gasteiger partial charge in [-0.3, -0.25) is 14.9 Å². The van der Waals surface area contributed by atoms with Crippen LogP contribution in [0.2, 0.25) is 0 Å². The maximum absolute atomic E-state index is 12.8.